The lowest BCUT2D eigenvalue weighted by atomic mass is 9.99. The average molecular weight is 273 g/mol. The zero-order valence-corrected chi connectivity index (χ0v) is 10.9. The Morgan fingerprint density at radius 3 is 3.06 bits per heavy atom. The van der Waals surface area contributed by atoms with Gasteiger partial charge in [0.05, 0.1) is 6.10 Å². The van der Waals surface area contributed by atoms with Gasteiger partial charge in [0, 0.05) is 23.2 Å². The van der Waals surface area contributed by atoms with Crippen molar-refractivity contribution >= 4 is 11.6 Å². The molecule has 2 rings (SSSR count). The summed E-state index contributed by atoms with van der Waals surface area (Å²) in [5.41, 5.74) is 3.17. The van der Waals surface area contributed by atoms with Crippen LogP contribution in [0.3, 0.4) is 0 Å². The fourth-order valence-electron chi connectivity index (χ4n) is 2.33. The van der Waals surface area contributed by atoms with Crippen LogP contribution in [0, 0.1) is 5.82 Å². The van der Waals surface area contributed by atoms with Gasteiger partial charge in [0.2, 0.25) is 0 Å². The molecule has 0 aliphatic carbocycles. The molecule has 3 N–H and O–H groups in total. The van der Waals surface area contributed by atoms with Crippen LogP contribution in [0.15, 0.2) is 18.2 Å². The number of nitrogens with two attached hydrogens (primary N) is 1. The van der Waals surface area contributed by atoms with Crippen molar-refractivity contribution in [2.24, 2.45) is 5.84 Å². The largest absolute Gasteiger partial charge is 0.378 e. The summed E-state index contributed by atoms with van der Waals surface area (Å²) in [4.78, 5) is 0. The zero-order valence-electron chi connectivity index (χ0n) is 10.2. The molecule has 0 spiro atoms. The van der Waals surface area contributed by atoms with Gasteiger partial charge in [0.25, 0.3) is 0 Å². The normalized spacial score (nSPS) is 21.2. The highest BCUT2D eigenvalue weighted by Gasteiger charge is 2.20. The number of halogens is 2. The Balaban J connectivity index is 2.00. The van der Waals surface area contributed by atoms with Gasteiger partial charge in [-0.1, -0.05) is 11.6 Å². The van der Waals surface area contributed by atoms with E-state index >= 15 is 0 Å². The molecule has 18 heavy (non-hydrogen) atoms. The molecule has 2 unspecified atom stereocenters. The molecule has 0 radical (unpaired) electrons. The molecule has 1 aromatic rings. The second-order valence-electron chi connectivity index (χ2n) is 4.60. The van der Waals surface area contributed by atoms with E-state index in [2.05, 4.69) is 5.43 Å². The van der Waals surface area contributed by atoms with Gasteiger partial charge in [-0.3, -0.25) is 11.3 Å². The van der Waals surface area contributed by atoms with Gasteiger partial charge in [-0.15, -0.1) is 0 Å². The maximum atomic E-state index is 13.7. The summed E-state index contributed by atoms with van der Waals surface area (Å²) in [7, 11) is 0. The van der Waals surface area contributed by atoms with Crippen LogP contribution < -0.4 is 11.3 Å². The van der Waals surface area contributed by atoms with Crippen molar-refractivity contribution in [1.29, 1.82) is 0 Å². The summed E-state index contributed by atoms with van der Waals surface area (Å²) >= 11 is 5.89. The third-order valence-electron chi connectivity index (χ3n) is 3.34. The molecule has 0 saturated carbocycles. The number of rotatable bonds is 5. The van der Waals surface area contributed by atoms with Crippen molar-refractivity contribution in [3.05, 3.63) is 34.6 Å². The van der Waals surface area contributed by atoms with E-state index in [0.717, 1.165) is 32.3 Å². The van der Waals surface area contributed by atoms with Crippen LogP contribution in [0.4, 0.5) is 4.39 Å². The third-order valence-corrected chi connectivity index (χ3v) is 3.57. The molecule has 1 aliphatic rings. The Hall–Kier alpha value is -0.680. The van der Waals surface area contributed by atoms with Crippen molar-refractivity contribution in [2.75, 3.05) is 6.61 Å². The zero-order chi connectivity index (χ0) is 13.0. The summed E-state index contributed by atoms with van der Waals surface area (Å²) in [5.74, 6) is 5.23. The third kappa shape index (κ3) is 3.42. The SMILES string of the molecule is NNC(CCC1CCCO1)c1cc(Cl)ccc1F. The molecule has 1 fully saturated rings. The lowest BCUT2D eigenvalue weighted by molar-refractivity contribution is 0.0995. The van der Waals surface area contributed by atoms with Gasteiger partial charge >= 0.3 is 0 Å². The summed E-state index contributed by atoms with van der Waals surface area (Å²) in [6, 6.07) is 4.30. The van der Waals surface area contributed by atoms with Gasteiger partial charge in [0.1, 0.15) is 5.82 Å². The second-order valence-corrected chi connectivity index (χ2v) is 5.03. The predicted molar refractivity (Wildman–Crippen MR) is 69.7 cm³/mol. The number of nitrogens with one attached hydrogen (secondary N) is 1. The fraction of sp³-hybridized carbons (Fsp3) is 0.538. The first-order chi connectivity index (χ1) is 8.70. The summed E-state index contributed by atoms with van der Waals surface area (Å²) in [5, 5.41) is 0.517. The second kappa shape index (κ2) is 6.48. The smallest absolute Gasteiger partial charge is 0.128 e. The van der Waals surface area contributed by atoms with Crippen molar-refractivity contribution in [3.8, 4) is 0 Å². The summed E-state index contributed by atoms with van der Waals surface area (Å²) in [6.07, 6.45) is 4.08. The highest BCUT2D eigenvalue weighted by atomic mass is 35.5. The van der Waals surface area contributed by atoms with E-state index in [1.807, 2.05) is 0 Å². The van der Waals surface area contributed by atoms with Gasteiger partial charge < -0.3 is 4.74 Å². The minimum atomic E-state index is -0.283. The van der Waals surface area contributed by atoms with Crippen LogP contribution in [0.5, 0.6) is 0 Å². The first-order valence-corrected chi connectivity index (χ1v) is 6.61. The lowest BCUT2D eigenvalue weighted by Crippen LogP contribution is -2.29. The van der Waals surface area contributed by atoms with Crippen molar-refractivity contribution < 1.29 is 9.13 Å². The van der Waals surface area contributed by atoms with E-state index in [9.17, 15) is 4.39 Å². The van der Waals surface area contributed by atoms with Crippen molar-refractivity contribution in [3.63, 3.8) is 0 Å². The van der Waals surface area contributed by atoms with Gasteiger partial charge in [-0.2, -0.15) is 0 Å². The van der Waals surface area contributed by atoms with Crippen LogP contribution in [0.25, 0.3) is 0 Å². The molecule has 1 saturated heterocycles. The number of hydrogen-bond donors (Lipinski definition) is 2. The number of benzene rings is 1. The predicted octanol–water partition coefficient (Wildman–Crippen LogP) is 2.94. The highest BCUT2D eigenvalue weighted by molar-refractivity contribution is 6.30. The Morgan fingerprint density at radius 1 is 1.56 bits per heavy atom. The van der Waals surface area contributed by atoms with Gasteiger partial charge in [-0.05, 0) is 43.9 Å². The molecule has 100 valence electrons. The molecule has 3 nitrogen and oxygen atoms in total. The maximum Gasteiger partial charge on any atom is 0.128 e. The van der Waals surface area contributed by atoms with Crippen LogP contribution in [-0.2, 0) is 4.74 Å². The fourth-order valence-corrected chi connectivity index (χ4v) is 2.52. The van der Waals surface area contributed by atoms with Crippen molar-refractivity contribution in [1.82, 2.24) is 5.43 Å². The molecular formula is C13H18ClFN2O. The Morgan fingerprint density at radius 2 is 2.39 bits per heavy atom. The number of hydrogen-bond acceptors (Lipinski definition) is 3. The summed E-state index contributed by atoms with van der Waals surface area (Å²) in [6.45, 7) is 0.830. The first-order valence-electron chi connectivity index (χ1n) is 6.23. The Kier molecular flexibility index (Phi) is 4.95. The molecule has 0 aromatic heterocycles. The minimum absolute atomic E-state index is 0.229. The van der Waals surface area contributed by atoms with E-state index in [4.69, 9.17) is 22.2 Å². The standard InChI is InChI=1S/C13H18ClFN2O/c14-9-3-5-12(15)11(8-9)13(17-16)6-4-10-2-1-7-18-10/h3,5,8,10,13,17H,1-2,4,6-7,16H2. The van der Waals surface area contributed by atoms with Crippen LogP contribution in [0.1, 0.15) is 37.3 Å². The Labute approximate surface area is 111 Å². The first kappa shape index (κ1) is 13.7. The molecule has 1 aromatic carbocycles. The minimum Gasteiger partial charge on any atom is -0.378 e. The molecule has 0 amide bonds. The van der Waals surface area contributed by atoms with Crippen LogP contribution in [0.2, 0.25) is 5.02 Å². The molecule has 0 bridgehead atoms. The Bertz CT molecular complexity index is 397. The number of hydrazine groups is 1. The highest BCUT2D eigenvalue weighted by Crippen LogP contribution is 2.27. The monoisotopic (exact) mass is 272 g/mol. The molecular weight excluding hydrogens is 255 g/mol. The van der Waals surface area contributed by atoms with E-state index in [1.54, 1.807) is 6.07 Å². The topological polar surface area (TPSA) is 47.3 Å². The van der Waals surface area contributed by atoms with E-state index < -0.39 is 0 Å². The summed E-state index contributed by atoms with van der Waals surface area (Å²) < 4.78 is 19.3. The van der Waals surface area contributed by atoms with E-state index in [-0.39, 0.29) is 18.0 Å². The van der Waals surface area contributed by atoms with Gasteiger partial charge in [0.15, 0.2) is 0 Å². The molecule has 1 heterocycles. The molecule has 1 aliphatic heterocycles. The van der Waals surface area contributed by atoms with Crippen molar-refractivity contribution in [2.45, 2.75) is 37.8 Å². The number of ether oxygens (including phenoxy) is 1. The van der Waals surface area contributed by atoms with Gasteiger partial charge in [-0.25, -0.2) is 4.39 Å². The quantitative estimate of drug-likeness (QED) is 0.640. The van der Waals surface area contributed by atoms with E-state index in [0.29, 0.717) is 10.6 Å². The lowest BCUT2D eigenvalue weighted by Gasteiger charge is -2.19. The van der Waals surface area contributed by atoms with E-state index in [1.165, 1.54) is 12.1 Å². The molecule has 5 heteroatoms. The van der Waals surface area contributed by atoms with Crippen LogP contribution >= 0.6 is 11.6 Å². The average Bonchev–Trinajstić information content (AvgIpc) is 2.87. The van der Waals surface area contributed by atoms with Crippen LogP contribution in [-0.4, -0.2) is 12.7 Å². The molecule has 2 atom stereocenters. The maximum absolute atomic E-state index is 13.7.